The molecule has 2 unspecified atom stereocenters. The van der Waals surface area contributed by atoms with Gasteiger partial charge in [-0.2, -0.15) is 0 Å². The second kappa shape index (κ2) is 13.3. The number of aromatic nitrogens is 1. The van der Waals surface area contributed by atoms with Crippen LogP contribution in [0, 0.1) is 11.6 Å². The molecule has 0 bridgehead atoms. The minimum Gasteiger partial charge on any atom is -0.497 e. The molecule has 0 spiro atoms. The van der Waals surface area contributed by atoms with Crippen molar-refractivity contribution in [1.82, 2.24) is 9.88 Å². The van der Waals surface area contributed by atoms with Crippen LogP contribution < -0.4 is 26.2 Å². The van der Waals surface area contributed by atoms with Crippen LogP contribution in [0.1, 0.15) is 28.3 Å². The summed E-state index contributed by atoms with van der Waals surface area (Å²) in [6.07, 6.45) is 1.38. The van der Waals surface area contributed by atoms with Gasteiger partial charge in [-0.1, -0.05) is 11.6 Å². The van der Waals surface area contributed by atoms with E-state index >= 15 is 0 Å². The van der Waals surface area contributed by atoms with Crippen molar-refractivity contribution in [2.75, 3.05) is 32.2 Å². The summed E-state index contributed by atoms with van der Waals surface area (Å²) in [7, 11) is 2.90. The van der Waals surface area contributed by atoms with Crippen LogP contribution in [0.3, 0.4) is 0 Å². The number of hydrogen-bond donors (Lipinski definition) is 3. The smallest absolute Gasteiger partial charge is 0.274 e. The van der Waals surface area contributed by atoms with Crippen molar-refractivity contribution in [3.05, 3.63) is 92.9 Å². The minimum atomic E-state index is -0.795. The van der Waals surface area contributed by atoms with E-state index in [1.807, 2.05) is 0 Å². The fourth-order valence-corrected chi connectivity index (χ4v) is 4.26. The van der Waals surface area contributed by atoms with E-state index < -0.39 is 35.1 Å². The van der Waals surface area contributed by atoms with Gasteiger partial charge in [-0.05, 0) is 36.4 Å². The molecule has 12 heteroatoms. The zero-order chi connectivity index (χ0) is 28.7. The molecule has 2 amide bonds. The molecule has 4 rings (SSSR count). The fourth-order valence-electron chi connectivity index (χ4n) is 4.13. The summed E-state index contributed by atoms with van der Waals surface area (Å²) in [6.45, 7) is -0.238. The maximum atomic E-state index is 14.4. The van der Waals surface area contributed by atoms with E-state index in [0.717, 1.165) is 12.1 Å². The summed E-state index contributed by atoms with van der Waals surface area (Å²) in [4.78, 5) is 37.4. The Hall–Kier alpha value is -3.80. The Morgan fingerprint density at radius 1 is 1.21 bits per heavy atom. The lowest BCUT2D eigenvalue weighted by Crippen LogP contribution is -2.37. The van der Waals surface area contributed by atoms with Gasteiger partial charge >= 0.3 is 0 Å². The lowest BCUT2D eigenvalue weighted by Gasteiger charge is -2.19. The number of amides is 2. The van der Waals surface area contributed by atoms with Crippen molar-refractivity contribution in [3.8, 4) is 5.75 Å². The number of nitrogens with one attached hydrogen (secondary N) is 1. The van der Waals surface area contributed by atoms with Gasteiger partial charge in [0.2, 0.25) is 5.91 Å². The molecule has 1 saturated heterocycles. The van der Waals surface area contributed by atoms with Crippen LogP contribution in [-0.4, -0.2) is 54.8 Å². The van der Waals surface area contributed by atoms with Crippen LogP contribution in [0.2, 0.25) is 5.02 Å². The van der Waals surface area contributed by atoms with Gasteiger partial charge in [-0.3, -0.25) is 14.4 Å². The van der Waals surface area contributed by atoms with E-state index in [4.69, 9.17) is 27.2 Å². The number of benzene rings is 2. The van der Waals surface area contributed by atoms with Crippen LogP contribution >= 0.6 is 11.6 Å². The van der Waals surface area contributed by atoms with E-state index in [-0.39, 0.29) is 49.0 Å². The molecule has 4 N–H and O–H groups in total. The lowest BCUT2D eigenvalue weighted by atomic mass is 9.97. The normalized spacial score (nSPS) is 15.4. The number of carbonyl (C=O) groups excluding carboxylic acids is 2. The Morgan fingerprint density at radius 3 is 2.41 bits per heavy atom. The molecule has 1 aliphatic rings. The highest BCUT2D eigenvalue weighted by molar-refractivity contribution is 6.30. The minimum absolute atomic E-state index is 0.0235. The standard InChI is InChI=1S/C19H21F2N3O4.C8H8ClNO/c1-28-13-6-14(20)18(15(21)7-13)11-5-17(26)24(8-11)16-3-2-4-23(19(16)27)9-12(22)10-25;1-10-8(11)6-2-4-7(9)5-3-6/h2-4,6-7,11-12,25H,5,8-10,22H2,1H3;2-5H,1H3,(H,10,11). The maximum absolute atomic E-state index is 14.4. The molecule has 9 nitrogen and oxygen atoms in total. The molecule has 1 aliphatic heterocycles. The Morgan fingerprint density at radius 2 is 1.85 bits per heavy atom. The number of carbonyl (C=O) groups is 2. The van der Waals surface area contributed by atoms with E-state index in [1.165, 1.54) is 28.8 Å². The van der Waals surface area contributed by atoms with Crippen molar-refractivity contribution >= 4 is 29.1 Å². The molecular formula is C27H29ClF2N4O5. The predicted octanol–water partition coefficient (Wildman–Crippen LogP) is 2.67. The topological polar surface area (TPSA) is 127 Å². The SMILES string of the molecule is CNC(=O)c1ccc(Cl)cc1.COc1cc(F)c(C2CC(=O)N(c3cccn(CC(N)CO)c3=O)C2)c(F)c1. The van der Waals surface area contributed by atoms with Crippen LogP contribution in [0.25, 0.3) is 0 Å². The predicted molar refractivity (Wildman–Crippen MR) is 143 cm³/mol. The number of nitrogens with zero attached hydrogens (tertiary/aromatic N) is 2. The monoisotopic (exact) mass is 562 g/mol. The van der Waals surface area contributed by atoms with Crippen molar-refractivity contribution < 1.29 is 28.2 Å². The zero-order valence-corrected chi connectivity index (χ0v) is 22.1. The number of aliphatic hydroxyl groups excluding tert-OH is 1. The maximum Gasteiger partial charge on any atom is 0.274 e. The molecule has 0 saturated carbocycles. The summed E-state index contributed by atoms with van der Waals surface area (Å²) >= 11 is 5.63. The van der Waals surface area contributed by atoms with Crippen LogP contribution in [0.15, 0.2) is 59.5 Å². The van der Waals surface area contributed by atoms with E-state index in [2.05, 4.69) is 5.32 Å². The number of aliphatic hydroxyl groups is 1. The van der Waals surface area contributed by atoms with Gasteiger partial charge in [-0.25, -0.2) is 8.78 Å². The van der Waals surface area contributed by atoms with Crippen molar-refractivity contribution in [1.29, 1.82) is 0 Å². The van der Waals surface area contributed by atoms with Gasteiger partial charge in [-0.15, -0.1) is 0 Å². The van der Waals surface area contributed by atoms with Gasteiger partial charge in [0.25, 0.3) is 11.5 Å². The Bertz CT molecular complexity index is 1360. The van der Waals surface area contributed by atoms with E-state index in [0.29, 0.717) is 10.6 Å². The second-order valence-corrected chi connectivity index (χ2v) is 9.23. The molecule has 2 heterocycles. The van der Waals surface area contributed by atoms with Crippen LogP contribution in [0.4, 0.5) is 14.5 Å². The van der Waals surface area contributed by atoms with E-state index in [9.17, 15) is 23.2 Å². The molecule has 2 aromatic carbocycles. The second-order valence-electron chi connectivity index (χ2n) is 8.79. The fraction of sp³-hybridized carbons (Fsp3) is 0.296. The van der Waals surface area contributed by atoms with Crippen molar-refractivity contribution in [2.45, 2.75) is 24.9 Å². The molecule has 1 aromatic heterocycles. The number of halogens is 3. The van der Waals surface area contributed by atoms with Gasteiger partial charge < -0.3 is 30.4 Å². The summed E-state index contributed by atoms with van der Waals surface area (Å²) in [5.74, 6) is -2.77. The summed E-state index contributed by atoms with van der Waals surface area (Å²) in [5, 5.41) is 12.2. The van der Waals surface area contributed by atoms with Crippen molar-refractivity contribution in [3.63, 3.8) is 0 Å². The average Bonchev–Trinajstić information content (AvgIpc) is 3.30. The summed E-state index contributed by atoms with van der Waals surface area (Å²) < 4.78 is 34.9. The number of pyridine rings is 1. The number of anilines is 1. The molecule has 1 fully saturated rings. The highest BCUT2D eigenvalue weighted by atomic mass is 35.5. The van der Waals surface area contributed by atoms with Gasteiger partial charge in [0, 0.05) is 73.0 Å². The first-order valence-electron chi connectivity index (χ1n) is 12.0. The van der Waals surface area contributed by atoms with E-state index in [1.54, 1.807) is 37.4 Å². The lowest BCUT2D eigenvalue weighted by molar-refractivity contribution is -0.117. The summed E-state index contributed by atoms with van der Waals surface area (Å²) in [5.41, 5.74) is 5.74. The number of nitrogens with two attached hydrogens (primary N) is 1. The third kappa shape index (κ3) is 7.20. The Balaban J connectivity index is 0.000000320. The molecule has 3 aromatic rings. The molecule has 208 valence electrons. The number of methoxy groups -OCH3 is 1. The molecule has 0 aliphatic carbocycles. The summed E-state index contributed by atoms with van der Waals surface area (Å²) in [6, 6.07) is 11.3. The van der Waals surface area contributed by atoms with Gasteiger partial charge in [0.15, 0.2) is 0 Å². The first-order chi connectivity index (χ1) is 18.6. The van der Waals surface area contributed by atoms with Crippen molar-refractivity contribution in [2.24, 2.45) is 5.73 Å². The van der Waals surface area contributed by atoms with Crippen LogP contribution in [0.5, 0.6) is 5.75 Å². The molecule has 2 atom stereocenters. The largest absolute Gasteiger partial charge is 0.497 e. The molecule has 0 radical (unpaired) electrons. The van der Waals surface area contributed by atoms with Gasteiger partial charge in [0.1, 0.15) is 23.1 Å². The number of ether oxygens (including phenoxy) is 1. The first kappa shape index (κ1) is 29.8. The third-order valence-corrected chi connectivity index (χ3v) is 6.36. The molecule has 39 heavy (non-hydrogen) atoms. The van der Waals surface area contributed by atoms with Gasteiger partial charge in [0.05, 0.1) is 13.7 Å². The first-order valence-corrected chi connectivity index (χ1v) is 12.3. The average molecular weight is 563 g/mol. The quantitative estimate of drug-likeness (QED) is 0.406. The highest BCUT2D eigenvalue weighted by Gasteiger charge is 2.36. The number of hydrogen-bond acceptors (Lipinski definition) is 6. The highest BCUT2D eigenvalue weighted by Crippen LogP contribution is 2.35. The molecular weight excluding hydrogens is 534 g/mol. The third-order valence-electron chi connectivity index (χ3n) is 6.11. The Kier molecular flexibility index (Phi) is 10.2. The zero-order valence-electron chi connectivity index (χ0n) is 21.4. The Labute approximate surface area is 228 Å². The van der Waals surface area contributed by atoms with Crippen LogP contribution in [-0.2, 0) is 11.3 Å². The number of rotatable bonds is 7.